The molecule has 15 rings (SSSR count). The molecule has 4 N–H and O–H groups in total. The van der Waals surface area contributed by atoms with E-state index in [0.717, 1.165) is 49.7 Å². The van der Waals surface area contributed by atoms with Crippen LogP contribution >= 0.6 is 0 Å². The summed E-state index contributed by atoms with van der Waals surface area (Å²) in [6.45, 7) is 18.3. The summed E-state index contributed by atoms with van der Waals surface area (Å²) < 4.78 is 95.1. The van der Waals surface area contributed by atoms with Crippen molar-refractivity contribution in [3.05, 3.63) is 24.3 Å². The van der Waals surface area contributed by atoms with E-state index in [1.807, 2.05) is 6.92 Å². The quantitative estimate of drug-likeness (QED) is 0.204. The smallest absolute Gasteiger partial charge is 0.308 e. The molecule has 0 saturated carbocycles. The van der Waals surface area contributed by atoms with Gasteiger partial charge < -0.3 is 86.7 Å². The first kappa shape index (κ1) is 56.4. The van der Waals surface area contributed by atoms with Gasteiger partial charge in [-0.3, -0.25) is 4.79 Å². The number of ether oxygens (including phenoxy) is 14. The maximum atomic E-state index is 14.5. The van der Waals surface area contributed by atoms with E-state index in [9.17, 15) is 25.2 Å². The van der Waals surface area contributed by atoms with Gasteiger partial charge in [0.25, 0.3) is 0 Å². The molecule has 15 aliphatic heterocycles. The summed E-state index contributed by atoms with van der Waals surface area (Å²) in [5.41, 5.74) is 2.14. The van der Waals surface area contributed by atoms with Gasteiger partial charge in [-0.15, -0.1) is 0 Å². The number of carbonyl (C=O) groups excluding carboxylic acids is 1. The highest BCUT2D eigenvalue weighted by atomic mass is 16.7. The van der Waals surface area contributed by atoms with Crippen molar-refractivity contribution < 1.29 is 91.5 Å². The number of carbonyl (C=O) groups is 1. The van der Waals surface area contributed by atoms with E-state index >= 15 is 0 Å². The molecule has 15 saturated heterocycles. The molecular formula is C60H90O19. The lowest BCUT2D eigenvalue weighted by atomic mass is 9.79. The van der Waals surface area contributed by atoms with Crippen LogP contribution in [0.1, 0.15) is 137 Å². The predicted molar refractivity (Wildman–Crippen MR) is 278 cm³/mol. The van der Waals surface area contributed by atoms with Gasteiger partial charge >= 0.3 is 5.97 Å². The first-order valence-corrected chi connectivity index (χ1v) is 30.7. The lowest BCUT2D eigenvalue weighted by Gasteiger charge is -2.50. The third-order valence-corrected chi connectivity index (χ3v) is 21.0. The molecule has 19 nitrogen and oxygen atoms in total. The van der Waals surface area contributed by atoms with Crippen LogP contribution in [0, 0.1) is 23.7 Å². The van der Waals surface area contributed by atoms with Crippen LogP contribution in [0.4, 0.5) is 0 Å². The van der Waals surface area contributed by atoms with Crippen molar-refractivity contribution in [1.29, 1.82) is 0 Å². The average molecular weight is 1120 g/mol. The number of hydrogen-bond acceptors (Lipinski definition) is 19. The third kappa shape index (κ3) is 11.1. The zero-order valence-corrected chi connectivity index (χ0v) is 46.8. The average Bonchev–Trinajstić information content (AvgIpc) is 4.14. The van der Waals surface area contributed by atoms with Gasteiger partial charge in [-0.2, -0.15) is 0 Å². The van der Waals surface area contributed by atoms with Gasteiger partial charge in [0.2, 0.25) is 0 Å². The minimum absolute atomic E-state index is 0.0185. The Labute approximate surface area is 465 Å². The Morgan fingerprint density at radius 1 is 0.608 bits per heavy atom. The van der Waals surface area contributed by atoms with E-state index < -0.39 is 67.3 Å². The molecule has 31 atom stereocenters. The Bertz CT molecular complexity index is 2180. The number of aliphatic hydroxyl groups excluding tert-OH is 4. The van der Waals surface area contributed by atoms with Crippen molar-refractivity contribution >= 4 is 5.97 Å². The van der Waals surface area contributed by atoms with E-state index in [4.69, 9.17) is 66.3 Å². The van der Waals surface area contributed by atoms with Gasteiger partial charge in [-0.25, -0.2) is 0 Å². The fraction of sp³-hybridized carbons (Fsp3) is 0.917. The summed E-state index contributed by atoms with van der Waals surface area (Å²) in [5, 5.41) is 40.9. The van der Waals surface area contributed by atoms with Crippen molar-refractivity contribution in [3.63, 3.8) is 0 Å². The molecule has 0 aromatic heterocycles. The minimum atomic E-state index is -1.05. The molecule has 1 spiro atoms. The Hall–Kier alpha value is -1.73. The van der Waals surface area contributed by atoms with E-state index in [1.54, 1.807) is 0 Å². The number of hydrogen-bond donors (Lipinski definition) is 4. The second-order valence-corrected chi connectivity index (χ2v) is 26.7. The van der Waals surface area contributed by atoms with Crippen LogP contribution in [0.25, 0.3) is 0 Å². The van der Waals surface area contributed by atoms with Crippen LogP contribution in [0.2, 0.25) is 0 Å². The molecule has 0 aliphatic carbocycles. The van der Waals surface area contributed by atoms with Gasteiger partial charge in [0, 0.05) is 57.7 Å². The monoisotopic (exact) mass is 1110 g/mol. The van der Waals surface area contributed by atoms with Gasteiger partial charge in [-0.1, -0.05) is 40.9 Å². The van der Waals surface area contributed by atoms with Crippen molar-refractivity contribution in [2.24, 2.45) is 23.7 Å². The van der Waals surface area contributed by atoms with Crippen molar-refractivity contribution in [2.45, 2.75) is 301 Å². The number of esters is 1. The molecule has 0 aromatic carbocycles. The summed E-state index contributed by atoms with van der Waals surface area (Å²) in [4.78, 5) is 14.5. The lowest BCUT2D eigenvalue weighted by Crippen LogP contribution is -2.62. The van der Waals surface area contributed by atoms with Crippen molar-refractivity contribution in [3.8, 4) is 0 Å². The Morgan fingerprint density at radius 2 is 1.33 bits per heavy atom. The maximum Gasteiger partial charge on any atom is 0.308 e. The largest absolute Gasteiger partial charge is 0.459 e. The van der Waals surface area contributed by atoms with E-state index in [0.29, 0.717) is 64.6 Å². The lowest BCUT2D eigenvalue weighted by molar-refractivity contribution is -0.277. The normalized spacial score (nSPS) is 52.9. The highest BCUT2D eigenvalue weighted by Crippen LogP contribution is 2.53. The summed E-state index contributed by atoms with van der Waals surface area (Å²) in [7, 11) is 0. The topological polar surface area (TPSA) is 227 Å². The van der Waals surface area contributed by atoms with E-state index in [1.165, 1.54) is 0 Å². The number of aliphatic hydroxyl groups is 4. The van der Waals surface area contributed by atoms with Crippen LogP contribution in [0.5, 0.6) is 0 Å². The second kappa shape index (κ2) is 22.9. The molecule has 15 heterocycles. The van der Waals surface area contributed by atoms with E-state index in [-0.39, 0.29) is 153 Å². The summed E-state index contributed by atoms with van der Waals surface area (Å²) in [6.07, 6.45) is 0.543. The molecule has 0 aromatic rings. The van der Waals surface area contributed by atoms with Gasteiger partial charge in [0.15, 0.2) is 5.79 Å². The minimum Gasteiger partial charge on any atom is -0.459 e. The number of rotatable bonds is 7. The molecule has 19 heteroatoms. The molecule has 0 unspecified atom stereocenters. The molecule has 11 bridgehead atoms. The fourth-order valence-electron chi connectivity index (χ4n) is 16.9. The van der Waals surface area contributed by atoms with Crippen LogP contribution in [-0.4, -0.2) is 211 Å². The molecular weight excluding hydrogens is 1020 g/mol. The standard InChI is InChI=1S/C60H90O19/c1-27-15-34-7-9-40-28(2)16-36(68-40)11-13-66-55-42-12-14-67-57-56-41(73-58(55)59(57)74-42)10-8-35(71-56)20-50(65)77-54-32(6)53-47(72-46(54)22-43(69-34)31(27)5)23-45-48(76-53)24-60(78-45)25-49-52(79-60)30(4)18-37(70-49)17-29(3)51-39(64)21-44(75-51)38(63)19-33(62)26-61/h27,29-30,32-49,51-59,61-64H,2,5,7-26H2,1,3-4,6H3/t27-,29+,30+,32+,33-,34+,35-,36+,37-,38+,39+,40+,41+,42+,43-,44+,45-,46+,47+,48-,49+,51+,52+,53+,54-,55-,56+,57+,58+,59+,60+/m1/s1. The number of fused-ring (bicyclic) bond motifs is 5. The van der Waals surface area contributed by atoms with Gasteiger partial charge in [0.1, 0.15) is 36.6 Å². The van der Waals surface area contributed by atoms with Crippen LogP contribution in [0.3, 0.4) is 0 Å². The Kier molecular flexibility index (Phi) is 16.4. The summed E-state index contributed by atoms with van der Waals surface area (Å²) in [5.74, 6) is -1.15. The van der Waals surface area contributed by atoms with Gasteiger partial charge in [0.05, 0.1) is 135 Å². The highest BCUT2D eigenvalue weighted by molar-refractivity contribution is 5.70. The van der Waals surface area contributed by atoms with Crippen LogP contribution < -0.4 is 0 Å². The molecule has 15 fully saturated rings. The molecule has 444 valence electrons. The summed E-state index contributed by atoms with van der Waals surface area (Å²) in [6, 6.07) is 0. The first-order valence-electron chi connectivity index (χ1n) is 30.7. The van der Waals surface area contributed by atoms with Crippen molar-refractivity contribution in [2.75, 3.05) is 19.8 Å². The van der Waals surface area contributed by atoms with Crippen LogP contribution in [0.15, 0.2) is 24.3 Å². The first-order chi connectivity index (χ1) is 38.0. The van der Waals surface area contributed by atoms with Crippen LogP contribution in [-0.2, 0) is 71.1 Å². The Morgan fingerprint density at radius 3 is 2.16 bits per heavy atom. The van der Waals surface area contributed by atoms with E-state index in [2.05, 4.69) is 33.9 Å². The third-order valence-electron chi connectivity index (χ3n) is 21.0. The zero-order valence-electron chi connectivity index (χ0n) is 46.8. The fourth-order valence-corrected chi connectivity index (χ4v) is 16.9. The second-order valence-electron chi connectivity index (χ2n) is 26.7. The predicted octanol–water partition coefficient (Wildman–Crippen LogP) is 4.46. The van der Waals surface area contributed by atoms with Gasteiger partial charge in [-0.05, 0) is 93.1 Å². The molecule has 15 aliphatic rings. The zero-order chi connectivity index (χ0) is 54.6. The SMILES string of the molecule is C=C1C[C@@H]2CCO[C@H]3[C@@H]4O[C@H]5CC[C@H](CC(=O)O[C@@H]6[C@@H](C)[C@@H]7O[C@@H]8C[C@]9(C[C@@H]%10O[C@H](C[C@H](C)[C@@H]%11O[C@H]([C@@H](O)C[C@@H](O)CO)C[C@@H]%11O)C[C@H](C)[C@@H]%10O9)O[C@@H]8C[C@@H]7O[C@H]6C[C@H]6O[C@@H](CC[C@@H]1O2)C[C@@H](C)C6=C)O[C@@H]5[C@@H]1OCC[C@@H]3O[C@@H]14. The van der Waals surface area contributed by atoms with Crippen molar-refractivity contribution in [1.82, 2.24) is 0 Å². The molecule has 0 amide bonds. The highest BCUT2D eigenvalue weighted by Gasteiger charge is 2.64. The maximum absolute atomic E-state index is 14.5. The molecule has 0 radical (unpaired) electrons. The Balaban J connectivity index is 0.695. The summed E-state index contributed by atoms with van der Waals surface area (Å²) >= 11 is 0. The molecule has 79 heavy (non-hydrogen) atoms.